The van der Waals surface area contributed by atoms with Crippen LogP contribution in [0.1, 0.15) is 43.2 Å². The van der Waals surface area contributed by atoms with Crippen LogP contribution in [0.15, 0.2) is 42.5 Å². The summed E-state index contributed by atoms with van der Waals surface area (Å²) < 4.78 is 85.4. The number of aliphatic hydroxyl groups excluding tert-OH is 1. The van der Waals surface area contributed by atoms with Crippen molar-refractivity contribution in [2.45, 2.75) is 61.2 Å². The van der Waals surface area contributed by atoms with Crippen LogP contribution < -0.4 is 14.8 Å². The Balaban J connectivity index is 1.34. The first-order chi connectivity index (χ1) is 17.2. The van der Waals surface area contributed by atoms with Gasteiger partial charge in [-0.05, 0) is 61.9 Å². The lowest BCUT2D eigenvalue weighted by Gasteiger charge is -2.56. The average molecular weight is 565 g/mol. The van der Waals surface area contributed by atoms with Crippen molar-refractivity contribution in [1.82, 2.24) is 10.0 Å². The van der Waals surface area contributed by atoms with Gasteiger partial charge in [0.15, 0.2) is 6.61 Å². The highest BCUT2D eigenvalue weighted by molar-refractivity contribution is 7.88. The number of halogens is 5. The minimum absolute atomic E-state index is 0.0763. The number of aliphatic hydroxyl groups is 1. The van der Waals surface area contributed by atoms with Gasteiger partial charge < -0.3 is 15.2 Å². The number of fused-ring (bicyclic) bond motifs is 3. The van der Waals surface area contributed by atoms with Crippen molar-refractivity contribution >= 4 is 27.5 Å². The Morgan fingerprint density at radius 3 is 2.32 bits per heavy atom. The number of rotatable bonds is 8. The lowest BCUT2D eigenvalue weighted by molar-refractivity contribution is -0.137. The summed E-state index contributed by atoms with van der Waals surface area (Å²) in [6, 6.07) is 7.65. The molecular formula is C24H25ClF4N2O5S. The van der Waals surface area contributed by atoms with Crippen LogP contribution in [0.2, 0.25) is 5.02 Å². The van der Waals surface area contributed by atoms with E-state index in [1.54, 1.807) is 0 Å². The van der Waals surface area contributed by atoms with Gasteiger partial charge in [0.2, 0.25) is 10.0 Å². The molecule has 13 heteroatoms. The van der Waals surface area contributed by atoms with E-state index in [-0.39, 0.29) is 42.2 Å². The number of amides is 1. The third-order valence-electron chi connectivity index (χ3n) is 6.98. The van der Waals surface area contributed by atoms with Crippen molar-refractivity contribution < 1.29 is 40.6 Å². The number of sulfonamides is 1. The standard InChI is InChI=1S/C24H25ClF4N2O5S/c25-18-6-5-17(11-19(18)26)36-13-21(33)30-22-7-9-23(10-8-22,20(32)12-22)31-37(34,35)14-15-1-3-16(4-2-15)24(27,28)29/h1-6,11,20,31-32H,7-10,12-14H2,(H,30,33)/t20-,22?,23?/m1/s1. The molecule has 3 fully saturated rings. The molecule has 2 aromatic rings. The Bertz CT molecular complexity index is 1260. The second-order valence-electron chi connectivity index (χ2n) is 9.62. The smallest absolute Gasteiger partial charge is 0.416 e. The molecule has 2 bridgehead atoms. The van der Waals surface area contributed by atoms with E-state index in [9.17, 15) is 35.9 Å². The van der Waals surface area contributed by atoms with E-state index >= 15 is 0 Å². The highest BCUT2D eigenvalue weighted by Crippen LogP contribution is 2.47. The minimum Gasteiger partial charge on any atom is -0.484 e. The van der Waals surface area contributed by atoms with Crippen molar-refractivity contribution in [1.29, 1.82) is 0 Å². The molecule has 0 radical (unpaired) electrons. The number of hydrogen-bond acceptors (Lipinski definition) is 5. The van der Waals surface area contributed by atoms with Crippen molar-refractivity contribution in [2.75, 3.05) is 6.61 Å². The first-order valence-electron chi connectivity index (χ1n) is 11.5. The lowest BCUT2D eigenvalue weighted by atomic mass is 9.60. The summed E-state index contributed by atoms with van der Waals surface area (Å²) in [4.78, 5) is 12.5. The van der Waals surface area contributed by atoms with E-state index in [0.717, 1.165) is 30.3 Å². The lowest BCUT2D eigenvalue weighted by Crippen LogP contribution is -2.70. The van der Waals surface area contributed by atoms with Gasteiger partial charge in [0, 0.05) is 11.6 Å². The summed E-state index contributed by atoms with van der Waals surface area (Å²) in [7, 11) is -3.99. The molecule has 1 atom stereocenters. The maximum Gasteiger partial charge on any atom is 0.416 e. The molecule has 0 saturated heterocycles. The van der Waals surface area contributed by atoms with Crippen LogP contribution in [-0.4, -0.2) is 43.2 Å². The van der Waals surface area contributed by atoms with Gasteiger partial charge in [0.05, 0.1) is 28.0 Å². The van der Waals surface area contributed by atoms with Crippen molar-refractivity contribution in [2.24, 2.45) is 0 Å². The molecule has 3 aliphatic rings. The van der Waals surface area contributed by atoms with E-state index < -0.39 is 56.4 Å². The van der Waals surface area contributed by atoms with Crippen LogP contribution in [0, 0.1) is 5.82 Å². The second kappa shape index (κ2) is 10.0. The zero-order valence-electron chi connectivity index (χ0n) is 19.4. The normalized spacial score (nSPS) is 25.6. The maximum absolute atomic E-state index is 13.5. The molecule has 3 aliphatic carbocycles. The third kappa shape index (κ3) is 6.36. The van der Waals surface area contributed by atoms with E-state index in [0.29, 0.717) is 12.8 Å². The van der Waals surface area contributed by atoms with Gasteiger partial charge in [0.25, 0.3) is 5.91 Å². The number of nitrogens with one attached hydrogen (secondary N) is 2. The van der Waals surface area contributed by atoms with E-state index in [1.165, 1.54) is 12.1 Å². The fourth-order valence-corrected chi connectivity index (χ4v) is 6.81. The minimum atomic E-state index is -4.52. The zero-order chi connectivity index (χ0) is 27.1. The molecule has 3 N–H and O–H groups in total. The molecular weight excluding hydrogens is 540 g/mol. The number of carbonyl (C=O) groups excluding carboxylic acids is 1. The predicted molar refractivity (Wildman–Crippen MR) is 127 cm³/mol. The Morgan fingerprint density at radius 2 is 1.76 bits per heavy atom. The SMILES string of the molecule is O=C(COc1ccc(Cl)c(F)c1)NC12CCC(NS(=O)(=O)Cc3ccc(C(F)(F)F)cc3)(CC1)[C@H](O)C2. The van der Waals surface area contributed by atoms with Gasteiger partial charge in [-0.25, -0.2) is 17.5 Å². The Labute approximate surface area is 216 Å². The molecule has 0 heterocycles. The first-order valence-corrected chi connectivity index (χ1v) is 13.5. The first kappa shape index (κ1) is 27.6. The Hall–Kier alpha value is -2.41. The number of alkyl halides is 3. The van der Waals surface area contributed by atoms with Crippen molar-refractivity contribution in [3.63, 3.8) is 0 Å². The third-order valence-corrected chi connectivity index (χ3v) is 8.72. The average Bonchev–Trinajstić information content (AvgIpc) is 2.80. The highest BCUT2D eigenvalue weighted by atomic mass is 35.5. The number of carbonyl (C=O) groups is 1. The summed E-state index contributed by atoms with van der Waals surface area (Å²) in [6.07, 6.45) is -4.21. The zero-order valence-corrected chi connectivity index (χ0v) is 21.0. The van der Waals surface area contributed by atoms with Gasteiger partial charge in [-0.1, -0.05) is 23.7 Å². The molecule has 5 rings (SSSR count). The molecule has 3 saturated carbocycles. The monoisotopic (exact) mass is 564 g/mol. The number of hydrogen-bond donors (Lipinski definition) is 3. The largest absolute Gasteiger partial charge is 0.484 e. The van der Waals surface area contributed by atoms with Crippen LogP contribution in [0.25, 0.3) is 0 Å². The summed E-state index contributed by atoms with van der Waals surface area (Å²) in [6.45, 7) is -0.385. The van der Waals surface area contributed by atoms with Gasteiger partial charge in [-0.15, -0.1) is 0 Å². The Kier molecular flexibility index (Phi) is 7.50. The molecule has 0 aromatic heterocycles. The fraction of sp³-hybridized carbons (Fsp3) is 0.458. The molecule has 2 aromatic carbocycles. The highest BCUT2D eigenvalue weighted by Gasteiger charge is 2.56. The van der Waals surface area contributed by atoms with Crippen molar-refractivity contribution in [3.8, 4) is 5.75 Å². The van der Waals surface area contributed by atoms with Gasteiger partial charge in [0.1, 0.15) is 11.6 Å². The molecule has 37 heavy (non-hydrogen) atoms. The van der Waals surface area contributed by atoms with Crippen LogP contribution in [0.4, 0.5) is 17.6 Å². The molecule has 0 spiro atoms. The van der Waals surface area contributed by atoms with E-state index in [4.69, 9.17) is 16.3 Å². The van der Waals surface area contributed by atoms with Gasteiger partial charge in [-0.3, -0.25) is 4.79 Å². The van der Waals surface area contributed by atoms with Gasteiger partial charge >= 0.3 is 6.18 Å². The molecule has 7 nitrogen and oxygen atoms in total. The van der Waals surface area contributed by atoms with Gasteiger partial charge in [-0.2, -0.15) is 13.2 Å². The molecule has 0 aliphatic heterocycles. The topological polar surface area (TPSA) is 105 Å². The Morgan fingerprint density at radius 1 is 1.11 bits per heavy atom. The summed E-state index contributed by atoms with van der Waals surface area (Å²) in [5, 5.41) is 13.7. The molecule has 0 unspecified atom stereocenters. The quantitative estimate of drug-likeness (QED) is 0.422. The predicted octanol–water partition coefficient (Wildman–Crippen LogP) is 3.93. The van der Waals surface area contributed by atoms with Crippen LogP contribution >= 0.6 is 11.6 Å². The summed E-state index contributed by atoms with van der Waals surface area (Å²) in [5.41, 5.74) is -2.57. The molecule has 202 valence electrons. The number of benzene rings is 2. The van der Waals surface area contributed by atoms with Crippen LogP contribution in [-0.2, 0) is 26.7 Å². The van der Waals surface area contributed by atoms with E-state index in [2.05, 4.69) is 10.0 Å². The second-order valence-corrected chi connectivity index (χ2v) is 11.8. The van der Waals surface area contributed by atoms with Crippen LogP contribution in [0.3, 0.4) is 0 Å². The van der Waals surface area contributed by atoms with Crippen molar-refractivity contribution in [3.05, 3.63) is 64.4 Å². The van der Waals surface area contributed by atoms with E-state index in [1.807, 2.05) is 0 Å². The maximum atomic E-state index is 13.5. The number of ether oxygens (including phenoxy) is 1. The van der Waals surface area contributed by atoms with Crippen LogP contribution in [0.5, 0.6) is 5.75 Å². The summed E-state index contributed by atoms with van der Waals surface area (Å²) >= 11 is 5.63. The fourth-order valence-electron chi connectivity index (χ4n) is 5.03. The molecule has 1 amide bonds. The summed E-state index contributed by atoms with van der Waals surface area (Å²) in [5.74, 6) is -1.56.